The summed E-state index contributed by atoms with van der Waals surface area (Å²) in [6.45, 7) is 7.04. The molecule has 0 aliphatic carbocycles. The molecule has 0 bridgehead atoms. The van der Waals surface area contributed by atoms with E-state index < -0.39 is 5.60 Å². The molecule has 0 amide bonds. The predicted octanol–water partition coefficient (Wildman–Crippen LogP) is 0.608. The van der Waals surface area contributed by atoms with Crippen LogP contribution in [0.1, 0.15) is 32.5 Å². The predicted molar refractivity (Wildman–Crippen MR) is 74.0 cm³/mol. The molecule has 0 saturated carbocycles. The molecule has 1 rings (SSSR count). The molecule has 2 N–H and O–H groups in total. The van der Waals surface area contributed by atoms with E-state index >= 15 is 0 Å². The summed E-state index contributed by atoms with van der Waals surface area (Å²) in [6.07, 6.45) is 3.77. The topological polar surface area (TPSA) is 72.2 Å². The number of nitrogens with one attached hydrogen (secondary N) is 1. The number of ether oxygens (including phenoxy) is 1. The molecule has 0 aliphatic heterocycles. The molecular formula is C13H26N4O2. The number of nitrogens with zero attached hydrogens (tertiary/aromatic N) is 3. The van der Waals surface area contributed by atoms with Gasteiger partial charge in [0, 0.05) is 26.6 Å². The van der Waals surface area contributed by atoms with Crippen LogP contribution in [-0.4, -0.2) is 52.3 Å². The van der Waals surface area contributed by atoms with Crippen molar-refractivity contribution in [3.05, 3.63) is 12.2 Å². The van der Waals surface area contributed by atoms with E-state index in [4.69, 9.17) is 4.74 Å². The molecule has 0 aromatic carbocycles. The zero-order valence-electron chi connectivity index (χ0n) is 12.2. The molecule has 1 unspecified atom stereocenters. The van der Waals surface area contributed by atoms with Gasteiger partial charge < -0.3 is 15.2 Å². The number of aromatic nitrogens is 3. The minimum atomic E-state index is -0.765. The third kappa shape index (κ3) is 6.13. The molecular weight excluding hydrogens is 244 g/mol. The van der Waals surface area contributed by atoms with Crippen LogP contribution in [0.15, 0.2) is 6.33 Å². The Balaban J connectivity index is 2.38. The highest BCUT2D eigenvalue weighted by atomic mass is 16.5. The van der Waals surface area contributed by atoms with Crippen molar-refractivity contribution in [2.45, 2.75) is 45.3 Å². The number of rotatable bonds is 10. The van der Waals surface area contributed by atoms with Crippen molar-refractivity contribution in [2.75, 3.05) is 26.8 Å². The van der Waals surface area contributed by atoms with Gasteiger partial charge in [-0.15, -0.1) is 0 Å². The third-order valence-corrected chi connectivity index (χ3v) is 2.99. The second-order valence-electron chi connectivity index (χ2n) is 5.07. The van der Waals surface area contributed by atoms with Crippen molar-refractivity contribution in [1.29, 1.82) is 0 Å². The van der Waals surface area contributed by atoms with Gasteiger partial charge in [0.15, 0.2) is 0 Å². The van der Waals surface area contributed by atoms with Gasteiger partial charge >= 0.3 is 0 Å². The number of hydrogen-bond donors (Lipinski definition) is 2. The molecule has 6 nitrogen and oxygen atoms in total. The van der Waals surface area contributed by atoms with Crippen LogP contribution in [0, 0.1) is 0 Å². The van der Waals surface area contributed by atoms with Crippen LogP contribution >= 0.6 is 0 Å². The number of methoxy groups -OCH3 is 1. The minimum absolute atomic E-state index is 0.527. The van der Waals surface area contributed by atoms with Gasteiger partial charge in [0.05, 0.1) is 12.2 Å². The fraction of sp³-hybridized carbons (Fsp3) is 0.846. The molecule has 1 heterocycles. The Kier molecular flexibility index (Phi) is 6.97. The summed E-state index contributed by atoms with van der Waals surface area (Å²) >= 11 is 0. The van der Waals surface area contributed by atoms with Gasteiger partial charge in [0.2, 0.25) is 0 Å². The summed E-state index contributed by atoms with van der Waals surface area (Å²) in [6, 6.07) is 0. The molecule has 0 spiro atoms. The number of hydrogen-bond acceptors (Lipinski definition) is 5. The molecule has 0 fully saturated rings. The fourth-order valence-electron chi connectivity index (χ4n) is 1.91. The van der Waals surface area contributed by atoms with Crippen molar-refractivity contribution in [1.82, 2.24) is 20.1 Å². The first kappa shape index (κ1) is 16.1. The summed E-state index contributed by atoms with van der Waals surface area (Å²) in [5.41, 5.74) is -0.765. The Bertz CT molecular complexity index is 352. The molecule has 0 aliphatic rings. The maximum absolute atomic E-state index is 10.4. The number of aliphatic hydroxyl groups is 1. The molecule has 1 aromatic heterocycles. The van der Waals surface area contributed by atoms with E-state index in [-0.39, 0.29) is 0 Å². The van der Waals surface area contributed by atoms with E-state index in [1.807, 2.05) is 11.6 Å². The van der Waals surface area contributed by atoms with Crippen LogP contribution in [-0.2, 0) is 17.7 Å². The second kappa shape index (κ2) is 8.24. The Morgan fingerprint density at radius 2 is 2.26 bits per heavy atom. The molecule has 0 radical (unpaired) electrons. The largest absolute Gasteiger partial charge is 0.390 e. The van der Waals surface area contributed by atoms with E-state index in [0.717, 1.165) is 31.9 Å². The van der Waals surface area contributed by atoms with Crippen molar-refractivity contribution in [3.63, 3.8) is 0 Å². The highest BCUT2D eigenvalue weighted by Gasteiger charge is 2.23. The van der Waals surface area contributed by atoms with Gasteiger partial charge in [-0.2, -0.15) is 5.10 Å². The van der Waals surface area contributed by atoms with Crippen LogP contribution in [0.3, 0.4) is 0 Å². The van der Waals surface area contributed by atoms with E-state index in [0.29, 0.717) is 19.4 Å². The molecule has 1 atom stereocenters. The lowest BCUT2D eigenvalue weighted by Gasteiger charge is -2.23. The lowest BCUT2D eigenvalue weighted by Crippen LogP contribution is -2.34. The Morgan fingerprint density at radius 1 is 1.47 bits per heavy atom. The average molecular weight is 270 g/mol. The summed E-state index contributed by atoms with van der Waals surface area (Å²) in [7, 11) is 1.68. The first-order valence-electron chi connectivity index (χ1n) is 6.88. The quantitative estimate of drug-likeness (QED) is 0.609. The third-order valence-electron chi connectivity index (χ3n) is 2.99. The standard InChI is InChI=1S/C13H26N4O2/c1-4-8-17-12(15-11-16-17)10-13(2,18)5-6-14-7-9-19-3/h11,14,18H,4-10H2,1-3H3. The summed E-state index contributed by atoms with van der Waals surface area (Å²) < 4.78 is 6.82. The van der Waals surface area contributed by atoms with Gasteiger partial charge in [0.1, 0.15) is 12.2 Å². The lowest BCUT2D eigenvalue weighted by molar-refractivity contribution is 0.0479. The Morgan fingerprint density at radius 3 is 2.95 bits per heavy atom. The van der Waals surface area contributed by atoms with Gasteiger partial charge in [-0.05, 0) is 26.3 Å². The van der Waals surface area contributed by atoms with Crippen molar-refractivity contribution < 1.29 is 9.84 Å². The van der Waals surface area contributed by atoms with Gasteiger partial charge in [0.25, 0.3) is 0 Å². The maximum atomic E-state index is 10.4. The highest BCUT2D eigenvalue weighted by Crippen LogP contribution is 2.15. The SMILES string of the molecule is CCCn1ncnc1CC(C)(O)CCNCCOC. The van der Waals surface area contributed by atoms with Gasteiger partial charge in [-0.3, -0.25) is 4.68 Å². The first-order chi connectivity index (χ1) is 9.09. The number of aryl methyl sites for hydroxylation is 1. The van der Waals surface area contributed by atoms with Crippen molar-refractivity contribution in [2.24, 2.45) is 0 Å². The molecule has 1 aromatic rings. The van der Waals surface area contributed by atoms with E-state index in [1.54, 1.807) is 13.4 Å². The van der Waals surface area contributed by atoms with E-state index in [1.165, 1.54) is 0 Å². The first-order valence-corrected chi connectivity index (χ1v) is 6.88. The highest BCUT2D eigenvalue weighted by molar-refractivity contribution is 4.93. The van der Waals surface area contributed by atoms with Gasteiger partial charge in [-0.1, -0.05) is 6.92 Å². The minimum Gasteiger partial charge on any atom is -0.390 e. The van der Waals surface area contributed by atoms with Crippen LogP contribution < -0.4 is 5.32 Å². The molecule has 19 heavy (non-hydrogen) atoms. The van der Waals surface area contributed by atoms with Crippen molar-refractivity contribution >= 4 is 0 Å². The van der Waals surface area contributed by atoms with Crippen LogP contribution in [0.5, 0.6) is 0 Å². The van der Waals surface area contributed by atoms with E-state index in [2.05, 4.69) is 22.3 Å². The fourth-order valence-corrected chi connectivity index (χ4v) is 1.91. The zero-order chi connectivity index (χ0) is 14.1. The Hall–Kier alpha value is -0.980. The van der Waals surface area contributed by atoms with E-state index in [9.17, 15) is 5.11 Å². The summed E-state index contributed by atoms with van der Waals surface area (Å²) in [4.78, 5) is 4.23. The second-order valence-corrected chi connectivity index (χ2v) is 5.07. The normalized spacial score (nSPS) is 14.5. The van der Waals surface area contributed by atoms with Crippen LogP contribution in [0.25, 0.3) is 0 Å². The smallest absolute Gasteiger partial charge is 0.138 e. The van der Waals surface area contributed by atoms with Crippen LogP contribution in [0.4, 0.5) is 0 Å². The summed E-state index contributed by atoms with van der Waals surface area (Å²) in [5.74, 6) is 0.851. The maximum Gasteiger partial charge on any atom is 0.138 e. The molecule has 0 saturated heterocycles. The van der Waals surface area contributed by atoms with Crippen molar-refractivity contribution in [3.8, 4) is 0 Å². The van der Waals surface area contributed by atoms with Gasteiger partial charge in [-0.25, -0.2) is 4.98 Å². The average Bonchev–Trinajstić information content (AvgIpc) is 2.76. The summed E-state index contributed by atoms with van der Waals surface area (Å²) in [5, 5.41) is 17.8. The van der Waals surface area contributed by atoms with Crippen LogP contribution in [0.2, 0.25) is 0 Å². The molecule has 110 valence electrons. The Labute approximate surface area is 115 Å². The zero-order valence-corrected chi connectivity index (χ0v) is 12.2. The monoisotopic (exact) mass is 270 g/mol. The molecule has 6 heteroatoms. The lowest BCUT2D eigenvalue weighted by atomic mass is 9.97.